The molecular weight excluding hydrogens is 366 g/mol. The van der Waals surface area contributed by atoms with Crippen molar-refractivity contribution in [2.24, 2.45) is 11.3 Å². The molecule has 1 fully saturated rings. The Balaban J connectivity index is 1.43. The summed E-state index contributed by atoms with van der Waals surface area (Å²) in [6.45, 7) is 7.17. The van der Waals surface area contributed by atoms with Crippen molar-refractivity contribution in [1.29, 1.82) is 5.26 Å². The number of anilines is 3. The predicted molar refractivity (Wildman–Crippen MR) is 111 cm³/mol. The molecule has 2 aromatic rings. The zero-order valence-electron chi connectivity index (χ0n) is 17.1. The maximum Gasteiger partial charge on any atom is 0.247 e. The van der Waals surface area contributed by atoms with Crippen molar-refractivity contribution >= 4 is 23.1 Å². The van der Waals surface area contributed by atoms with Crippen molar-refractivity contribution in [2.75, 3.05) is 16.0 Å². The molecule has 8 heteroatoms. The van der Waals surface area contributed by atoms with Crippen LogP contribution in [0.25, 0.3) is 0 Å². The van der Waals surface area contributed by atoms with Crippen LogP contribution in [0.3, 0.4) is 0 Å². The summed E-state index contributed by atoms with van der Waals surface area (Å²) in [6, 6.07) is 4.13. The van der Waals surface area contributed by atoms with Crippen LogP contribution in [0.1, 0.15) is 44.4 Å². The van der Waals surface area contributed by atoms with Crippen LogP contribution in [-0.4, -0.2) is 26.7 Å². The van der Waals surface area contributed by atoms with E-state index in [0.717, 1.165) is 47.7 Å². The zero-order valence-corrected chi connectivity index (χ0v) is 17.1. The van der Waals surface area contributed by atoms with Crippen LogP contribution >= 0.6 is 0 Å². The van der Waals surface area contributed by atoms with E-state index in [1.165, 1.54) is 0 Å². The highest BCUT2D eigenvalue weighted by molar-refractivity contribution is 6.04. The first kappa shape index (κ1) is 19.2. The molecule has 1 atom stereocenters. The second-order valence-electron chi connectivity index (χ2n) is 8.52. The van der Waals surface area contributed by atoms with Gasteiger partial charge in [0.25, 0.3) is 0 Å². The van der Waals surface area contributed by atoms with Gasteiger partial charge in [-0.25, -0.2) is 4.98 Å². The highest BCUT2D eigenvalue weighted by Gasteiger charge is 2.37. The van der Waals surface area contributed by atoms with Gasteiger partial charge < -0.3 is 16.0 Å². The minimum Gasteiger partial charge on any atom is -0.372 e. The molecule has 1 saturated carbocycles. The lowest BCUT2D eigenvalue weighted by molar-refractivity contribution is -0.117. The average Bonchev–Trinajstić information content (AvgIpc) is 3.10. The van der Waals surface area contributed by atoms with E-state index in [1.54, 1.807) is 0 Å². The van der Waals surface area contributed by atoms with Crippen LogP contribution in [0.4, 0.5) is 17.2 Å². The number of nitrogens with one attached hydrogen (secondary N) is 3. The van der Waals surface area contributed by atoms with E-state index < -0.39 is 0 Å². The minimum absolute atomic E-state index is 0.0212. The zero-order chi connectivity index (χ0) is 20.6. The molecule has 1 unspecified atom stereocenters. The molecule has 1 aliphatic carbocycles. The molecule has 152 valence electrons. The Morgan fingerprint density at radius 1 is 1.45 bits per heavy atom. The van der Waals surface area contributed by atoms with Gasteiger partial charge in [-0.05, 0) is 25.7 Å². The molecule has 1 amide bonds. The van der Waals surface area contributed by atoms with E-state index in [0.29, 0.717) is 13.1 Å². The maximum absolute atomic E-state index is 12.2. The summed E-state index contributed by atoms with van der Waals surface area (Å²) in [6.07, 6.45) is 6.85. The SMILES string of the molecule is Cc1nc(NCc2cnn(CC3(C#N)CCC3)c2)cc2c1NC(=O)C(C(C)C)N2. The number of carbonyl (C=O) groups is 1. The molecule has 0 spiro atoms. The second-order valence-corrected chi connectivity index (χ2v) is 8.52. The molecule has 1 aliphatic heterocycles. The van der Waals surface area contributed by atoms with Gasteiger partial charge in [0.15, 0.2) is 0 Å². The summed E-state index contributed by atoms with van der Waals surface area (Å²) >= 11 is 0. The van der Waals surface area contributed by atoms with Crippen molar-refractivity contribution in [3.05, 3.63) is 29.7 Å². The van der Waals surface area contributed by atoms with Crippen LogP contribution in [-0.2, 0) is 17.9 Å². The summed E-state index contributed by atoms with van der Waals surface area (Å²) in [7, 11) is 0. The number of hydrogen-bond acceptors (Lipinski definition) is 6. The van der Waals surface area contributed by atoms with Crippen molar-refractivity contribution < 1.29 is 4.79 Å². The third kappa shape index (κ3) is 3.77. The van der Waals surface area contributed by atoms with Crippen molar-refractivity contribution in [3.63, 3.8) is 0 Å². The van der Waals surface area contributed by atoms with E-state index in [4.69, 9.17) is 0 Å². The lowest BCUT2D eigenvalue weighted by atomic mass is 9.70. The lowest BCUT2D eigenvalue weighted by Gasteiger charge is -2.34. The Bertz CT molecular complexity index is 968. The van der Waals surface area contributed by atoms with Gasteiger partial charge in [-0.1, -0.05) is 20.3 Å². The highest BCUT2D eigenvalue weighted by Crippen LogP contribution is 2.41. The Morgan fingerprint density at radius 2 is 2.24 bits per heavy atom. The fraction of sp³-hybridized carbons (Fsp3) is 0.524. The number of rotatable bonds is 6. The molecule has 3 heterocycles. The second kappa shape index (κ2) is 7.39. The smallest absolute Gasteiger partial charge is 0.247 e. The van der Waals surface area contributed by atoms with Gasteiger partial charge >= 0.3 is 0 Å². The fourth-order valence-corrected chi connectivity index (χ4v) is 3.93. The molecule has 2 aromatic heterocycles. The molecule has 0 saturated heterocycles. The summed E-state index contributed by atoms with van der Waals surface area (Å²) in [5.74, 6) is 0.908. The first-order valence-electron chi connectivity index (χ1n) is 10.1. The van der Waals surface area contributed by atoms with Crippen molar-refractivity contribution in [2.45, 2.75) is 59.2 Å². The van der Waals surface area contributed by atoms with E-state index in [1.807, 2.05) is 43.9 Å². The Hall–Kier alpha value is -3.08. The van der Waals surface area contributed by atoms with Gasteiger partial charge in [-0.3, -0.25) is 9.48 Å². The van der Waals surface area contributed by atoms with Crippen LogP contribution in [0, 0.1) is 29.6 Å². The van der Waals surface area contributed by atoms with E-state index >= 15 is 0 Å². The fourth-order valence-electron chi connectivity index (χ4n) is 3.93. The Morgan fingerprint density at radius 3 is 2.90 bits per heavy atom. The van der Waals surface area contributed by atoms with E-state index in [2.05, 4.69) is 32.1 Å². The molecule has 4 rings (SSSR count). The monoisotopic (exact) mass is 393 g/mol. The predicted octanol–water partition coefficient (Wildman–Crippen LogP) is 3.28. The van der Waals surface area contributed by atoms with Crippen LogP contribution in [0.5, 0.6) is 0 Å². The maximum atomic E-state index is 12.2. The number of nitriles is 1. The van der Waals surface area contributed by atoms with Gasteiger partial charge in [-0.2, -0.15) is 10.4 Å². The third-order valence-corrected chi connectivity index (χ3v) is 5.88. The first-order chi connectivity index (χ1) is 13.9. The highest BCUT2D eigenvalue weighted by atomic mass is 16.2. The van der Waals surface area contributed by atoms with Gasteiger partial charge in [0.2, 0.25) is 5.91 Å². The number of aromatic nitrogens is 3. The van der Waals surface area contributed by atoms with Crippen LogP contribution in [0.2, 0.25) is 0 Å². The Labute approximate surface area is 170 Å². The number of hydrogen-bond donors (Lipinski definition) is 3. The van der Waals surface area contributed by atoms with Gasteiger partial charge in [0.1, 0.15) is 11.9 Å². The number of nitrogens with zero attached hydrogens (tertiary/aromatic N) is 4. The van der Waals surface area contributed by atoms with Crippen molar-refractivity contribution in [1.82, 2.24) is 14.8 Å². The standard InChI is InChI=1S/C21H27N7O/c1-13(2)18-20(29)27-19-14(3)25-17(7-16(19)26-18)23-8-15-9-24-28(10-15)12-21(11-22)5-4-6-21/h7,9-10,13,18,26H,4-6,8,12H2,1-3H3,(H,23,25)(H,27,29). The molecular formula is C21H27N7O. The third-order valence-electron chi connectivity index (χ3n) is 5.88. The summed E-state index contributed by atoms with van der Waals surface area (Å²) < 4.78 is 1.87. The molecule has 3 N–H and O–H groups in total. The van der Waals surface area contributed by atoms with Crippen molar-refractivity contribution in [3.8, 4) is 6.07 Å². The summed E-state index contributed by atoms with van der Waals surface area (Å²) in [5.41, 5.74) is 3.19. The number of amides is 1. The minimum atomic E-state index is -0.255. The molecule has 0 bridgehead atoms. The quantitative estimate of drug-likeness (QED) is 0.695. The lowest BCUT2D eigenvalue weighted by Crippen LogP contribution is -2.42. The number of fused-ring (bicyclic) bond motifs is 1. The van der Waals surface area contributed by atoms with Crippen LogP contribution < -0.4 is 16.0 Å². The van der Waals surface area contributed by atoms with Gasteiger partial charge in [0, 0.05) is 24.4 Å². The number of aryl methyl sites for hydroxylation is 1. The Kier molecular flexibility index (Phi) is 4.91. The number of carbonyl (C=O) groups excluding carboxylic acids is 1. The summed E-state index contributed by atoms with van der Waals surface area (Å²) in [4.78, 5) is 16.8. The van der Waals surface area contributed by atoms with Gasteiger partial charge in [-0.15, -0.1) is 0 Å². The van der Waals surface area contributed by atoms with E-state index in [9.17, 15) is 10.1 Å². The molecule has 29 heavy (non-hydrogen) atoms. The molecule has 8 nitrogen and oxygen atoms in total. The largest absolute Gasteiger partial charge is 0.372 e. The molecule has 0 radical (unpaired) electrons. The molecule has 2 aliphatic rings. The average molecular weight is 393 g/mol. The first-order valence-corrected chi connectivity index (χ1v) is 10.1. The van der Waals surface area contributed by atoms with E-state index in [-0.39, 0.29) is 23.3 Å². The van der Waals surface area contributed by atoms with Crippen LogP contribution in [0.15, 0.2) is 18.5 Å². The van der Waals surface area contributed by atoms with Gasteiger partial charge in [0.05, 0.1) is 41.3 Å². The normalized spacial score (nSPS) is 19.6. The topological polar surface area (TPSA) is 108 Å². The number of pyridine rings is 1. The summed E-state index contributed by atoms with van der Waals surface area (Å²) in [5, 5.41) is 23.5. The molecule has 0 aromatic carbocycles.